The molecule has 150 valence electrons. The maximum absolute atomic E-state index is 13.5. The van der Waals surface area contributed by atoms with Gasteiger partial charge in [-0.2, -0.15) is 0 Å². The quantitative estimate of drug-likeness (QED) is 0.439. The molecule has 30 heavy (non-hydrogen) atoms. The molecule has 3 nitrogen and oxygen atoms in total. The Morgan fingerprint density at radius 3 is 2.30 bits per heavy atom. The number of thiazole rings is 1. The number of benzene rings is 2. The molecular formula is C23H17BrN2OS3. The lowest BCUT2D eigenvalue weighted by Crippen LogP contribution is -2.36. The van der Waals surface area contributed by atoms with E-state index >= 15 is 0 Å². The fraction of sp³-hybridized carbons (Fsp3) is 0.130. The second-order valence-corrected chi connectivity index (χ2v) is 11.6. The second-order valence-electron chi connectivity index (χ2n) is 7.02. The van der Waals surface area contributed by atoms with Crippen molar-refractivity contribution in [1.82, 2.24) is 4.57 Å². The van der Waals surface area contributed by atoms with E-state index in [1.54, 1.807) is 23.5 Å². The van der Waals surface area contributed by atoms with Gasteiger partial charge in [0.15, 0.2) is 4.80 Å². The Kier molecular flexibility index (Phi) is 5.39. The maximum Gasteiger partial charge on any atom is 0.272 e. The van der Waals surface area contributed by atoms with Gasteiger partial charge in [0, 0.05) is 10.0 Å². The van der Waals surface area contributed by atoms with Crippen LogP contribution < -0.4 is 14.9 Å². The predicted molar refractivity (Wildman–Crippen MR) is 133 cm³/mol. The monoisotopic (exact) mass is 512 g/mol. The molecule has 1 aromatic heterocycles. The third-order valence-corrected chi connectivity index (χ3v) is 9.55. The van der Waals surface area contributed by atoms with Gasteiger partial charge in [-0.05, 0) is 47.4 Å². The van der Waals surface area contributed by atoms with Crippen molar-refractivity contribution in [2.24, 2.45) is 4.99 Å². The van der Waals surface area contributed by atoms with Crippen molar-refractivity contribution >= 4 is 60.7 Å². The molecule has 3 aromatic rings. The molecule has 0 saturated carbocycles. The largest absolute Gasteiger partial charge is 0.272 e. The molecule has 1 atom stereocenters. The number of hydrogen-bond acceptors (Lipinski definition) is 5. The van der Waals surface area contributed by atoms with Crippen molar-refractivity contribution in [2.75, 3.05) is 0 Å². The molecule has 2 aliphatic rings. The fourth-order valence-electron chi connectivity index (χ4n) is 3.41. The van der Waals surface area contributed by atoms with Crippen LogP contribution in [0.5, 0.6) is 0 Å². The lowest BCUT2D eigenvalue weighted by molar-refractivity contribution is 0.644. The minimum Gasteiger partial charge on any atom is -0.272 e. The minimum atomic E-state index is -0.179. The first kappa shape index (κ1) is 20.1. The number of allylic oxidation sites excluding steroid dienone is 3. The van der Waals surface area contributed by atoms with E-state index in [1.165, 1.54) is 21.1 Å². The number of rotatable bonds is 2. The van der Waals surface area contributed by atoms with Gasteiger partial charge in [-0.15, -0.1) is 0 Å². The SMILES string of the molecule is CC1=C(C)SC(=c2sc3n(c2=O)[C@@H](c2ccccc2)C=C(c2ccc(Br)cc2)N=3)S1. The molecule has 0 bridgehead atoms. The second kappa shape index (κ2) is 8.04. The van der Waals surface area contributed by atoms with Crippen molar-refractivity contribution in [2.45, 2.75) is 19.9 Å². The molecule has 3 heterocycles. The highest BCUT2D eigenvalue weighted by atomic mass is 79.9. The molecule has 0 fully saturated rings. The Morgan fingerprint density at radius 1 is 0.967 bits per heavy atom. The van der Waals surface area contributed by atoms with Crippen LogP contribution >= 0.6 is 50.8 Å². The van der Waals surface area contributed by atoms with Crippen LogP contribution in [0.3, 0.4) is 0 Å². The summed E-state index contributed by atoms with van der Waals surface area (Å²) in [4.78, 5) is 21.7. The molecule has 0 amide bonds. The van der Waals surface area contributed by atoms with Crippen LogP contribution in [0.4, 0.5) is 0 Å². The smallest absolute Gasteiger partial charge is 0.272 e. The van der Waals surface area contributed by atoms with Gasteiger partial charge in [-0.25, -0.2) is 4.99 Å². The zero-order chi connectivity index (χ0) is 20.8. The highest BCUT2D eigenvalue weighted by Gasteiger charge is 2.25. The van der Waals surface area contributed by atoms with Gasteiger partial charge < -0.3 is 0 Å². The summed E-state index contributed by atoms with van der Waals surface area (Å²) in [6.07, 6.45) is 2.10. The molecule has 2 aromatic carbocycles. The first-order valence-corrected chi connectivity index (χ1v) is 12.7. The topological polar surface area (TPSA) is 34.4 Å². The van der Waals surface area contributed by atoms with E-state index in [-0.39, 0.29) is 11.6 Å². The Labute approximate surface area is 195 Å². The number of halogens is 1. The van der Waals surface area contributed by atoms with Crippen LogP contribution in [0.25, 0.3) is 9.93 Å². The third-order valence-electron chi connectivity index (χ3n) is 5.08. The Morgan fingerprint density at radius 2 is 1.63 bits per heavy atom. The Balaban J connectivity index is 1.74. The zero-order valence-corrected chi connectivity index (χ0v) is 20.3. The molecule has 5 rings (SSSR count). The lowest BCUT2D eigenvalue weighted by atomic mass is 10.0. The lowest BCUT2D eigenvalue weighted by Gasteiger charge is -2.19. The van der Waals surface area contributed by atoms with E-state index in [4.69, 9.17) is 4.99 Å². The van der Waals surface area contributed by atoms with Crippen LogP contribution in [0.15, 0.2) is 84.7 Å². The molecule has 0 spiro atoms. The summed E-state index contributed by atoms with van der Waals surface area (Å²) in [7, 11) is 0. The van der Waals surface area contributed by atoms with Crippen LogP contribution in [0.1, 0.15) is 31.0 Å². The number of thioether (sulfide) groups is 2. The molecule has 2 aliphatic heterocycles. The van der Waals surface area contributed by atoms with Crippen LogP contribution in [-0.4, -0.2) is 4.57 Å². The molecule has 0 unspecified atom stereocenters. The summed E-state index contributed by atoms with van der Waals surface area (Å²) in [5, 5.41) is 0. The van der Waals surface area contributed by atoms with Gasteiger partial charge in [-0.3, -0.25) is 9.36 Å². The number of nitrogens with zero attached hydrogens (tertiary/aromatic N) is 2. The van der Waals surface area contributed by atoms with Gasteiger partial charge >= 0.3 is 0 Å². The third kappa shape index (κ3) is 3.58. The van der Waals surface area contributed by atoms with Crippen molar-refractivity contribution < 1.29 is 0 Å². The first-order chi connectivity index (χ1) is 14.5. The molecule has 0 radical (unpaired) electrons. The van der Waals surface area contributed by atoms with E-state index in [2.05, 4.69) is 60.1 Å². The van der Waals surface area contributed by atoms with E-state index < -0.39 is 0 Å². The normalized spacial score (nSPS) is 18.3. The summed E-state index contributed by atoms with van der Waals surface area (Å²) in [6.45, 7) is 4.21. The van der Waals surface area contributed by atoms with Gasteiger partial charge in [0.2, 0.25) is 0 Å². The van der Waals surface area contributed by atoms with Gasteiger partial charge in [-0.1, -0.05) is 93.3 Å². The number of aromatic nitrogens is 1. The van der Waals surface area contributed by atoms with Crippen molar-refractivity contribution in [3.05, 3.63) is 106 Å². The van der Waals surface area contributed by atoms with Gasteiger partial charge in [0.05, 0.1) is 16.0 Å². The van der Waals surface area contributed by atoms with Crippen LogP contribution in [0.2, 0.25) is 0 Å². The highest BCUT2D eigenvalue weighted by molar-refractivity contribution is 9.10. The average molecular weight is 514 g/mol. The Hall–Kier alpha value is -1.80. The zero-order valence-electron chi connectivity index (χ0n) is 16.3. The molecular weight excluding hydrogens is 496 g/mol. The first-order valence-electron chi connectivity index (χ1n) is 9.41. The fourth-order valence-corrected chi connectivity index (χ4v) is 7.43. The van der Waals surface area contributed by atoms with Crippen LogP contribution in [-0.2, 0) is 0 Å². The molecule has 0 aliphatic carbocycles. The molecule has 0 saturated heterocycles. The summed E-state index contributed by atoms with van der Waals surface area (Å²) >= 11 is 8.38. The van der Waals surface area contributed by atoms with E-state index in [9.17, 15) is 4.79 Å². The number of fused-ring (bicyclic) bond motifs is 1. The van der Waals surface area contributed by atoms with Crippen molar-refractivity contribution in [3.63, 3.8) is 0 Å². The van der Waals surface area contributed by atoms with Crippen LogP contribution in [0, 0.1) is 0 Å². The minimum absolute atomic E-state index is 0.0382. The summed E-state index contributed by atoms with van der Waals surface area (Å²) in [5.74, 6) is 0. The highest BCUT2D eigenvalue weighted by Crippen LogP contribution is 2.48. The van der Waals surface area contributed by atoms with Crippen molar-refractivity contribution in [1.29, 1.82) is 0 Å². The summed E-state index contributed by atoms with van der Waals surface area (Å²) in [6, 6.07) is 18.1. The average Bonchev–Trinajstić information content (AvgIpc) is 3.27. The Bertz CT molecular complexity index is 1370. The van der Waals surface area contributed by atoms with Gasteiger partial charge in [0.1, 0.15) is 4.53 Å². The molecule has 7 heteroatoms. The van der Waals surface area contributed by atoms with Crippen molar-refractivity contribution in [3.8, 4) is 0 Å². The standard InChI is InChI=1S/C23H17BrN2OS3/c1-13-14(2)29-22(28-13)20-21(27)26-19(16-6-4-3-5-7-16)12-18(25-23(26)30-20)15-8-10-17(24)11-9-15/h3-12,19H,1-2H3/t19-/m1/s1. The molecule has 0 N–H and O–H groups in total. The summed E-state index contributed by atoms with van der Waals surface area (Å²) < 4.78 is 4.72. The summed E-state index contributed by atoms with van der Waals surface area (Å²) in [5.41, 5.74) is 3.05. The van der Waals surface area contributed by atoms with E-state index in [1.807, 2.05) is 34.9 Å². The number of hydrogen-bond donors (Lipinski definition) is 0. The maximum atomic E-state index is 13.5. The van der Waals surface area contributed by atoms with E-state index in [0.717, 1.165) is 34.9 Å². The van der Waals surface area contributed by atoms with Gasteiger partial charge in [0.25, 0.3) is 5.56 Å². The van der Waals surface area contributed by atoms with E-state index in [0.29, 0.717) is 0 Å². The predicted octanol–water partition coefficient (Wildman–Crippen LogP) is 5.73.